The van der Waals surface area contributed by atoms with Gasteiger partial charge in [0.15, 0.2) is 24.5 Å². The first kappa shape index (κ1) is 24.5. The van der Waals surface area contributed by atoms with Crippen molar-refractivity contribution in [3.8, 4) is 0 Å². The van der Waals surface area contributed by atoms with E-state index in [0.29, 0.717) is 6.54 Å². The number of anilines is 1. The molecule has 0 radical (unpaired) electrons. The zero-order valence-corrected chi connectivity index (χ0v) is 19.1. The van der Waals surface area contributed by atoms with Crippen LogP contribution in [0.4, 0.5) is 5.69 Å². The van der Waals surface area contributed by atoms with E-state index < -0.39 is 54.5 Å². The summed E-state index contributed by atoms with van der Waals surface area (Å²) in [6.45, 7) is 5.22. The SMILES string of the molecule is CC(=O)OCC1OC(N2CCCc3ccccc32)C(OC(C)=O)C(OC(C)=O)C1OC(C)=O. The number of esters is 4. The first-order valence-corrected chi connectivity index (χ1v) is 10.8. The van der Waals surface area contributed by atoms with E-state index in [1.807, 2.05) is 29.2 Å². The number of para-hydroxylation sites is 1. The molecule has 0 N–H and O–H groups in total. The number of carbonyl (C=O) groups excluding carboxylic acids is 4. The van der Waals surface area contributed by atoms with Crippen LogP contribution in [0.1, 0.15) is 39.7 Å². The standard InChI is InChI=1S/C23H29NO9/c1-13(25)29-12-19-20(30-14(2)26)21(31-15(3)27)22(32-16(4)28)23(33-19)24-11-7-9-17-8-5-6-10-18(17)24/h5-6,8,10,19-23H,7,9,11-12H2,1-4H3. The van der Waals surface area contributed by atoms with E-state index in [2.05, 4.69) is 0 Å². The van der Waals surface area contributed by atoms with E-state index >= 15 is 0 Å². The molecule has 33 heavy (non-hydrogen) atoms. The number of ether oxygens (including phenoxy) is 5. The van der Waals surface area contributed by atoms with Gasteiger partial charge in [-0.1, -0.05) is 18.2 Å². The molecule has 10 heteroatoms. The summed E-state index contributed by atoms with van der Waals surface area (Å²) in [6, 6.07) is 7.77. The van der Waals surface area contributed by atoms with Crippen LogP contribution in [-0.4, -0.2) is 67.7 Å². The number of benzene rings is 1. The molecule has 5 atom stereocenters. The Labute approximate surface area is 192 Å². The fourth-order valence-corrected chi connectivity index (χ4v) is 4.28. The van der Waals surface area contributed by atoms with Crippen LogP contribution in [0.25, 0.3) is 0 Å². The van der Waals surface area contributed by atoms with Gasteiger partial charge in [-0.15, -0.1) is 0 Å². The lowest BCUT2D eigenvalue weighted by molar-refractivity contribution is -0.252. The maximum Gasteiger partial charge on any atom is 0.303 e. The average molecular weight is 463 g/mol. The van der Waals surface area contributed by atoms with E-state index in [1.165, 1.54) is 27.7 Å². The maximum atomic E-state index is 12.0. The molecule has 1 fully saturated rings. The van der Waals surface area contributed by atoms with Crippen LogP contribution < -0.4 is 4.90 Å². The minimum Gasteiger partial charge on any atom is -0.463 e. The van der Waals surface area contributed by atoms with Crippen molar-refractivity contribution in [1.82, 2.24) is 0 Å². The Kier molecular flexibility index (Phi) is 7.91. The normalized spacial score (nSPS) is 26.5. The first-order valence-electron chi connectivity index (χ1n) is 10.8. The highest BCUT2D eigenvalue weighted by Gasteiger charge is 2.54. The Morgan fingerprint density at radius 2 is 1.48 bits per heavy atom. The lowest BCUT2D eigenvalue weighted by Crippen LogP contribution is -2.66. The number of nitrogens with zero attached hydrogens (tertiary/aromatic N) is 1. The molecule has 2 aliphatic rings. The molecule has 1 saturated heterocycles. The molecule has 0 spiro atoms. The van der Waals surface area contributed by atoms with Crippen molar-refractivity contribution in [3.05, 3.63) is 29.8 Å². The molecular formula is C23H29NO9. The average Bonchev–Trinajstić information content (AvgIpc) is 2.74. The summed E-state index contributed by atoms with van der Waals surface area (Å²) in [4.78, 5) is 49.3. The zero-order chi connectivity index (χ0) is 24.1. The highest BCUT2D eigenvalue weighted by Crippen LogP contribution is 2.36. The van der Waals surface area contributed by atoms with Gasteiger partial charge in [-0.2, -0.15) is 0 Å². The monoisotopic (exact) mass is 463 g/mol. The topological polar surface area (TPSA) is 118 Å². The van der Waals surface area contributed by atoms with Gasteiger partial charge in [0.2, 0.25) is 0 Å². The largest absolute Gasteiger partial charge is 0.463 e. The van der Waals surface area contributed by atoms with Gasteiger partial charge in [0.1, 0.15) is 12.7 Å². The van der Waals surface area contributed by atoms with Crippen LogP contribution in [0, 0.1) is 0 Å². The molecule has 0 amide bonds. The van der Waals surface area contributed by atoms with Crippen LogP contribution in [0.2, 0.25) is 0 Å². The molecule has 1 aromatic carbocycles. The Morgan fingerprint density at radius 1 is 0.879 bits per heavy atom. The van der Waals surface area contributed by atoms with Crippen molar-refractivity contribution in [1.29, 1.82) is 0 Å². The Hall–Kier alpha value is -3.14. The molecular weight excluding hydrogens is 434 g/mol. The molecule has 5 unspecified atom stereocenters. The van der Waals surface area contributed by atoms with Crippen molar-refractivity contribution >= 4 is 29.6 Å². The number of carbonyl (C=O) groups is 4. The van der Waals surface area contributed by atoms with Crippen molar-refractivity contribution in [2.75, 3.05) is 18.1 Å². The summed E-state index contributed by atoms with van der Waals surface area (Å²) in [5.74, 6) is -2.47. The molecule has 10 nitrogen and oxygen atoms in total. The van der Waals surface area contributed by atoms with Gasteiger partial charge < -0.3 is 28.6 Å². The van der Waals surface area contributed by atoms with Gasteiger partial charge in [0.25, 0.3) is 0 Å². The molecule has 1 aromatic rings. The van der Waals surface area contributed by atoms with Gasteiger partial charge in [-0.3, -0.25) is 19.2 Å². The van der Waals surface area contributed by atoms with Crippen molar-refractivity contribution < 1.29 is 42.9 Å². The summed E-state index contributed by atoms with van der Waals surface area (Å²) < 4.78 is 28.0. The number of hydrogen-bond donors (Lipinski definition) is 0. The molecule has 2 heterocycles. The third-order valence-corrected chi connectivity index (χ3v) is 5.42. The van der Waals surface area contributed by atoms with Crippen LogP contribution in [0.15, 0.2) is 24.3 Å². The smallest absolute Gasteiger partial charge is 0.303 e. The van der Waals surface area contributed by atoms with Crippen molar-refractivity contribution in [2.24, 2.45) is 0 Å². The fourth-order valence-electron chi connectivity index (χ4n) is 4.28. The van der Waals surface area contributed by atoms with Crippen molar-refractivity contribution in [2.45, 2.75) is 71.2 Å². The molecule has 0 aliphatic carbocycles. The van der Waals surface area contributed by atoms with Crippen LogP contribution in [-0.2, 0) is 49.3 Å². The van der Waals surface area contributed by atoms with E-state index in [4.69, 9.17) is 23.7 Å². The third kappa shape index (κ3) is 6.01. The lowest BCUT2D eigenvalue weighted by Gasteiger charge is -2.49. The maximum absolute atomic E-state index is 12.0. The summed E-state index contributed by atoms with van der Waals surface area (Å²) >= 11 is 0. The second-order valence-electron chi connectivity index (χ2n) is 8.02. The van der Waals surface area contributed by atoms with E-state index in [-0.39, 0.29) is 6.61 Å². The van der Waals surface area contributed by atoms with Crippen molar-refractivity contribution in [3.63, 3.8) is 0 Å². The Morgan fingerprint density at radius 3 is 2.12 bits per heavy atom. The third-order valence-electron chi connectivity index (χ3n) is 5.42. The molecule has 0 saturated carbocycles. The fraction of sp³-hybridized carbons (Fsp3) is 0.565. The molecule has 0 bridgehead atoms. The Bertz CT molecular complexity index is 902. The Balaban J connectivity index is 2.06. The van der Waals surface area contributed by atoms with Crippen LogP contribution >= 0.6 is 0 Å². The quantitative estimate of drug-likeness (QED) is 0.454. The molecule has 0 aromatic heterocycles. The highest BCUT2D eigenvalue weighted by molar-refractivity contribution is 5.69. The minimum atomic E-state index is -1.18. The predicted molar refractivity (Wildman–Crippen MR) is 114 cm³/mol. The number of fused-ring (bicyclic) bond motifs is 1. The summed E-state index contributed by atoms with van der Waals surface area (Å²) in [6.07, 6.45) is -3.59. The lowest BCUT2D eigenvalue weighted by atomic mass is 9.94. The number of aryl methyl sites for hydroxylation is 1. The molecule has 3 rings (SSSR count). The number of hydrogen-bond acceptors (Lipinski definition) is 10. The van der Waals surface area contributed by atoms with Crippen LogP contribution in [0.5, 0.6) is 0 Å². The summed E-state index contributed by atoms with van der Waals surface area (Å²) in [7, 11) is 0. The molecule has 180 valence electrons. The van der Waals surface area contributed by atoms with E-state index in [0.717, 1.165) is 24.1 Å². The van der Waals surface area contributed by atoms with Gasteiger partial charge in [0.05, 0.1) is 0 Å². The van der Waals surface area contributed by atoms with Gasteiger partial charge in [-0.05, 0) is 24.5 Å². The van der Waals surface area contributed by atoms with Gasteiger partial charge >= 0.3 is 23.9 Å². The first-order chi connectivity index (χ1) is 15.7. The second kappa shape index (κ2) is 10.7. The molecule has 2 aliphatic heterocycles. The van der Waals surface area contributed by atoms with Crippen LogP contribution in [0.3, 0.4) is 0 Å². The van der Waals surface area contributed by atoms with E-state index in [9.17, 15) is 19.2 Å². The zero-order valence-electron chi connectivity index (χ0n) is 19.1. The summed E-state index contributed by atoms with van der Waals surface area (Å²) in [5, 5.41) is 0. The van der Waals surface area contributed by atoms with Gasteiger partial charge in [-0.25, -0.2) is 0 Å². The van der Waals surface area contributed by atoms with Gasteiger partial charge in [0, 0.05) is 39.9 Å². The second-order valence-corrected chi connectivity index (χ2v) is 8.02. The summed E-state index contributed by atoms with van der Waals surface area (Å²) in [5.41, 5.74) is 1.99. The highest BCUT2D eigenvalue weighted by atomic mass is 16.7. The van der Waals surface area contributed by atoms with E-state index in [1.54, 1.807) is 0 Å². The predicted octanol–water partition coefficient (Wildman–Crippen LogP) is 1.52. The minimum absolute atomic E-state index is 0.246. The number of rotatable bonds is 6.